The fourth-order valence-corrected chi connectivity index (χ4v) is 2.29. The lowest BCUT2D eigenvalue weighted by Gasteiger charge is -2.34. The summed E-state index contributed by atoms with van der Waals surface area (Å²) in [5.41, 5.74) is 1.76. The second kappa shape index (κ2) is 5.82. The van der Waals surface area contributed by atoms with Crippen LogP contribution >= 0.6 is 0 Å². The van der Waals surface area contributed by atoms with Crippen molar-refractivity contribution in [3.05, 3.63) is 35.4 Å². The van der Waals surface area contributed by atoms with E-state index in [1.807, 2.05) is 24.3 Å². The van der Waals surface area contributed by atoms with Gasteiger partial charge in [-0.1, -0.05) is 24.3 Å². The van der Waals surface area contributed by atoms with Crippen LogP contribution in [-0.2, 0) is 22.6 Å². The van der Waals surface area contributed by atoms with Crippen LogP contribution in [0.25, 0.3) is 0 Å². The number of hydrogen-bond donors (Lipinski definition) is 3. The average molecular weight is 292 g/mol. The molecule has 1 heterocycles. The number of urea groups is 1. The molecular weight excluding hydrogens is 276 g/mol. The van der Waals surface area contributed by atoms with Gasteiger partial charge in [-0.2, -0.15) is 0 Å². The normalized spacial score (nSPS) is 18.5. The smallest absolute Gasteiger partial charge is 0.326 e. The van der Waals surface area contributed by atoms with E-state index in [1.54, 1.807) is 0 Å². The van der Waals surface area contributed by atoms with Crippen LogP contribution in [0.3, 0.4) is 0 Å². The number of rotatable bonds is 3. The Balaban J connectivity index is 2.22. The molecular formula is C14H16N2O5. The predicted molar refractivity (Wildman–Crippen MR) is 72.7 cm³/mol. The second-order valence-electron chi connectivity index (χ2n) is 4.96. The number of benzene rings is 1. The maximum Gasteiger partial charge on any atom is 0.326 e. The van der Waals surface area contributed by atoms with Crippen molar-refractivity contribution >= 4 is 18.0 Å². The van der Waals surface area contributed by atoms with Crippen LogP contribution in [0.15, 0.2) is 24.3 Å². The van der Waals surface area contributed by atoms with Crippen molar-refractivity contribution in [1.82, 2.24) is 10.2 Å². The summed E-state index contributed by atoms with van der Waals surface area (Å²) in [6.07, 6.45) is 0.209. The van der Waals surface area contributed by atoms with Gasteiger partial charge >= 0.3 is 18.0 Å². The Morgan fingerprint density at radius 2 is 1.86 bits per heavy atom. The molecule has 0 radical (unpaired) electrons. The van der Waals surface area contributed by atoms with Crippen LogP contribution in [-0.4, -0.2) is 45.2 Å². The van der Waals surface area contributed by atoms with Crippen molar-refractivity contribution in [2.24, 2.45) is 0 Å². The van der Waals surface area contributed by atoms with E-state index in [-0.39, 0.29) is 13.0 Å². The van der Waals surface area contributed by atoms with Crippen LogP contribution in [0.1, 0.15) is 18.1 Å². The molecule has 1 aromatic carbocycles. The molecule has 1 aromatic rings. The number of nitrogens with zero attached hydrogens (tertiary/aromatic N) is 1. The predicted octanol–water partition coefficient (Wildman–Crippen LogP) is 0.681. The SMILES string of the molecule is CC(NC(=O)N1Cc2ccccc2C[C@H]1C(=O)O)C(=O)O. The van der Waals surface area contributed by atoms with Gasteiger partial charge in [-0.05, 0) is 18.1 Å². The first kappa shape index (κ1) is 14.8. The summed E-state index contributed by atoms with van der Waals surface area (Å²) in [7, 11) is 0. The number of nitrogens with one attached hydrogen (secondary N) is 1. The number of carboxylic acids is 2. The van der Waals surface area contributed by atoms with Gasteiger partial charge in [0.15, 0.2) is 0 Å². The molecule has 21 heavy (non-hydrogen) atoms. The number of fused-ring (bicyclic) bond motifs is 1. The van der Waals surface area contributed by atoms with Gasteiger partial charge in [-0.15, -0.1) is 0 Å². The van der Waals surface area contributed by atoms with Gasteiger partial charge in [-0.3, -0.25) is 4.79 Å². The molecule has 112 valence electrons. The number of carbonyl (C=O) groups excluding carboxylic acids is 1. The third-order valence-corrected chi connectivity index (χ3v) is 3.50. The molecule has 1 unspecified atom stereocenters. The molecule has 2 amide bonds. The maximum absolute atomic E-state index is 12.1. The quantitative estimate of drug-likeness (QED) is 0.759. The zero-order valence-corrected chi connectivity index (χ0v) is 11.4. The highest BCUT2D eigenvalue weighted by atomic mass is 16.4. The van der Waals surface area contributed by atoms with Crippen LogP contribution < -0.4 is 5.32 Å². The molecule has 0 aliphatic carbocycles. The molecule has 7 nitrogen and oxygen atoms in total. The van der Waals surface area contributed by atoms with Crippen LogP contribution in [0.2, 0.25) is 0 Å². The number of aliphatic carboxylic acids is 2. The summed E-state index contributed by atoms with van der Waals surface area (Å²) in [4.78, 5) is 35.4. The van der Waals surface area contributed by atoms with Crippen molar-refractivity contribution in [2.75, 3.05) is 0 Å². The summed E-state index contributed by atoms with van der Waals surface area (Å²) < 4.78 is 0. The zero-order chi connectivity index (χ0) is 15.6. The Morgan fingerprint density at radius 3 is 2.43 bits per heavy atom. The average Bonchev–Trinajstić information content (AvgIpc) is 2.45. The topological polar surface area (TPSA) is 107 Å². The minimum atomic E-state index is -1.17. The fourth-order valence-electron chi connectivity index (χ4n) is 2.29. The highest BCUT2D eigenvalue weighted by Crippen LogP contribution is 2.23. The van der Waals surface area contributed by atoms with E-state index in [0.29, 0.717) is 0 Å². The van der Waals surface area contributed by atoms with Gasteiger partial charge in [-0.25, -0.2) is 9.59 Å². The number of carboxylic acid groups (broad SMARTS) is 2. The number of hydrogen-bond acceptors (Lipinski definition) is 3. The van der Waals surface area contributed by atoms with E-state index in [4.69, 9.17) is 5.11 Å². The van der Waals surface area contributed by atoms with Crippen molar-refractivity contribution < 1.29 is 24.6 Å². The van der Waals surface area contributed by atoms with Gasteiger partial charge < -0.3 is 20.4 Å². The Labute approximate surface area is 121 Å². The van der Waals surface area contributed by atoms with Gasteiger partial charge in [0.1, 0.15) is 12.1 Å². The lowest BCUT2D eigenvalue weighted by atomic mass is 9.94. The Bertz CT molecular complexity index is 586. The molecule has 0 spiro atoms. The lowest BCUT2D eigenvalue weighted by Crippen LogP contribution is -2.54. The maximum atomic E-state index is 12.1. The van der Waals surface area contributed by atoms with Crippen molar-refractivity contribution in [3.63, 3.8) is 0 Å². The molecule has 0 aromatic heterocycles. The highest BCUT2D eigenvalue weighted by Gasteiger charge is 2.35. The molecule has 0 saturated heterocycles. The third-order valence-electron chi connectivity index (χ3n) is 3.50. The van der Waals surface area contributed by atoms with E-state index in [1.165, 1.54) is 6.92 Å². The molecule has 1 aliphatic rings. The summed E-state index contributed by atoms with van der Waals surface area (Å²) in [5, 5.41) is 20.4. The molecule has 2 atom stereocenters. The van der Waals surface area contributed by atoms with E-state index >= 15 is 0 Å². The Morgan fingerprint density at radius 1 is 1.24 bits per heavy atom. The first-order valence-electron chi connectivity index (χ1n) is 6.49. The number of amides is 2. The van der Waals surface area contributed by atoms with Crippen LogP contribution in [0.4, 0.5) is 4.79 Å². The Hall–Kier alpha value is -2.57. The van der Waals surface area contributed by atoms with Gasteiger partial charge in [0.05, 0.1) is 0 Å². The van der Waals surface area contributed by atoms with E-state index in [2.05, 4.69) is 5.32 Å². The second-order valence-corrected chi connectivity index (χ2v) is 4.96. The van der Waals surface area contributed by atoms with Gasteiger partial charge in [0.25, 0.3) is 0 Å². The molecule has 0 bridgehead atoms. The number of carbonyl (C=O) groups is 3. The molecule has 7 heteroatoms. The minimum absolute atomic E-state index is 0.144. The molecule has 2 rings (SSSR count). The van der Waals surface area contributed by atoms with Gasteiger partial charge in [0, 0.05) is 13.0 Å². The van der Waals surface area contributed by atoms with Crippen molar-refractivity contribution in [2.45, 2.75) is 32.0 Å². The third kappa shape index (κ3) is 3.13. The van der Waals surface area contributed by atoms with E-state index in [0.717, 1.165) is 16.0 Å². The fraction of sp³-hybridized carbons (Fsp3) is 0.357. The lowest BCUT2D eigenvalue weighted by molar-refractivity contribution is -0.142. The summed E-state index contributed by atoms with van der Waals surface area (Å²) >= 11 is 0. The molecule has 0 saturated carbocycles. The van der Waals surface area contributed by atoms with Crippen molar-refractivity contribution in [1.29, 1.82) is 0 Å². The van der Waals surface area contributed by atoms with Gasteiger partial charge in [0.2, 0.25) is 0 Å². The summed E-state index contributed by atoms with van der Waals surface area (Å²) in [5.74, 6) is -2.28. The first-order chi connectivity index (χ1) is 9.90. The standard InChI is InChI=1S/C14H16N2O5/c1-8(12(17)18)15-14(21)16-7-10-5-3-2-4-9(10)6-11(16)13(19)20/h2-5,8,11H,6-7H2,1H3,(H,15,21)(H,17,18)(H,19,20)/t8?,11-/m0/s1. The Kier molecular flexibility index (Phi) is 4.11. The summed E-state index contributed by atoms with van der Waals surface area (Å²) in [6, 6.07) is 4.53. The largest absolute Gasteiger partial charge is 0.480 e. The zero-order valence-electron chi connectivity index (χ0n) is 11.4. The van der Waals surface area contributed by atoms with E-state index < -0.39 is 30.1 Å². The molecule has 1 aliphatic heterocycles. The minimum Gasteiger partial charge on any atom is -0.480 e. The molecule has 3 N–H and O–H groups in total. The highest BCUT2D eigenvalue weighted by molar-refractivity contribution is 5.86. The van der Waals surface area contributed by atoms with Crippen LogP contribution in [0.5, 0.6) is 0 Å². The van der Waals surface area contributed by atoms with E-state index in [9.17, 15) is 19.5 Å². The summed E-state index contributed by atoms with van der Waals surface area (Å²) in [6.45, 7) is 1.47. The van der Waals surface area contributed by atoms with Crippen LogP contribution in [0, 0.1) is 0 Å². The molecule has 0 fully saturated rings. The first-order valence-corrected chi connectivity index (χ1v) is 6.49. The van der Waals surface area contributed by atoms with Crippen molar-refractivity contribution in [3.8, 4) is 0 Å². The monoisotopic (exact) mass is 292 g/mol.